The molecule has 6 heteroatoms. The number of allylic oxidation sites excluding steroid dienone is 4. The molecule has 0 aromatic carbocycles. The summed E-state index contributed by atoms with van der Waals surface area (Å²) in [6, 6.07) is 0. The Bertz CT molecular complexity index is 712. The molecule has 1 N–H and O–H groups in total. The van der Waals surface area contributed by atoms with Crippen molar-refractivity contribution in [3.05, 3.63) is 24.3 Å². The van der Waals surface area contributed by atoms with Crippen molar-refractivity contribution in [2.24, 2.45) is 5.92 Å². The third-order valence-electron chi connectivity index (χ3n) is 7.34. The van der Waals surface area contributed by atoms with Gasteiger partial charge in [-0.15, -0.1) is 0 Å². The second-order valence-corrected chi connectivity index (χ2v) is 12.2. The molecule has 0 aromatic heterocycles. The Morgan fingerprint density at radius 2 is 1.10 bits per heavy atom. The van der Waals surface area contributed by atoms with Gasteiger partial charge < -0.3 is 14.6 Å². The van der Waals surface area contributed by atoms with Crippen molar-refractivity contribution in [1.29, 1.82) is 0 Å². The van der Waals surface area contributed by atoms with Gasteiger partial charge in [-0.05, 0) is 44.1 Å². The normalized spacial score (nSPS) is 12.4. The molecule has 0 aromatic rings. The molecule has 42 heavy (non-hydrogen) atoms. The summed E-state index contributed by atoms with van der Waals surface area (Å²) in [5.41, 5.74) is 0. The zero-order valence-electron chi connectivity index (χ0n) is 27.4. The average molecular weight is 593 g/mol. The van der Waals surface area contributed by atoms with E-state index in [9.17, 15) is 19.5 Å². The Kier molecular flexibility index (Phi) is 29.1. The number of esters is 2. The highest BCUT2D eigenvalue weighted by atomic mass is 16.6. The molecule has 0 fully saturated rings. The summed E-state index contributed by atoms with van der Waals surface area (Å²) >= 11 is 0. The lowest BCUT2D eigenvalue weighted by Gasteiger charge is -2.12. The molecule has 0 aliphatic rings. The van der Waals surface area contributed by atoms with Crippen LogP contribution in [0.15, 0.2) is 24.3 Å². The van der Waals surface area contributed by atoms with E-state index < -0.39 is 6.10 Å². The number of hydrogen-bond acceptors (Lipinski definition) is 6. The summed E-state index contributed by atoms with van der Waals surface area (Å²) in [5, 5.41) is 9.96. The third-order valence-corrected chi connectivity index (χ3v) is 7.34. The predicted octanol–water partition coefficient (Wildman–Crippen LogP) is 9.37. The first-order chi connectivity index (χ1) is 20.3. The molecule has 6 nitrogen and oxygen atoms in total. The Morgan fingerprint density at radius 1 is 0.619 bits per heavy atom. The molecule has 0 bridgehead atoms. The zero-order chi connectivity index (χ0) is 31.1. The molecule has 0 rings (SSSR count). The van der Waals surface area contributed by atoms with Gasteiger partial charge >= 0.3 is 11.9 Å². The quantitative estimate of drug-likeness (QED) is 0.0387. The second-order valence-electron chi connectivity index (χ2n) is 12.2. The minimum Gasteiger partial charge on any atom is -0.463 e. The highest BCUT2D eigenvalue weighted by Gasteiger charge is 2.12. The summed E-state index contributed by atoms with van der Waals surface area (Å²) in [7, 11) is 0. The van der Waals surface area contributed by atoms with Crippen LogP contribution in [0, 0.1) is 5.92 Å². The Hall–Kier alpha value is -1.95. The van der Waals surface area contributed by atoms with Crippen LogP contribution in [0.4, 0.5) is 0 Å². The maximum Gasteiger partial charge on any atom is 0.305 e. The average Bonchev–Trinajstić information content (AvgIpc) is 2.96. The molecule has 0 aliphatic carbocycles. The van der Waals surface area contributed by atoms with Crippen LogP contribution in [0.2, 0.25) is 0 Å². The van der Waals surface area contributed by atoms with Gasteiger partial charge in [0.05, 0.1) is 0 Å². The minimum atomic E-state index is -0.986. The Balaban J connectivity index is 3.53. The third kappa shape index (κ3) is 31.0. The van der Waals surface area contributed by atoms with Crippen molar-refractivity contribution in [1.82, 2.24) is 0 Å². The van der Waals surface area contributed by atoms with Crippen LogP contribution in [0.5, 0.6) is 0 Å². The van der Waals surface area contributed by atoms with Gasteiger partial charge in [-0.3, -0.25) is 14.4 Å². The number of hydrogen-bond donors (Lipinski definition) is 1. The lowest BCUT2D eigenvalue weighted by Crippen LogP contribution is -2.25. The number of unbranched alkanes of at least 4 members (excludes halogenated alkanes) is 15. The van der Waals surface area contributed by atoms with Crippen LogP contribution < -0.4 is 0 Å². The van der Waals surface area contributed by atoms with E-state index in [-0.39, 0.29) is 30.9 Å². The van der Waals surface area contributed by atoms with E-state index in [4.69, 9.17) is 9.47 Å². The number of ketones is 1. The molecule has 0 radical (unpaired) electrons. The van der Waals surface area contributed by atoms with Gasteiger partial charge in [-0.2, -0.15) is 0 Å². The molecule has 0 saturated heterocycles. The monoisotopic (exact) mass is 592 g/mol. The van der Waals surface area contributed by atoms with Crippen molar-refractivity contribution in [3.63, 3.8) is 0 Å². The Labute approximate surface area is 258 Å². The first-order valence-corrected chi connectivity index (χ1v) is 17.2. The number of aliphatic hydroxyl groups is 1. The second kappa shape index (κ2) is 30.5. The van der Waals surface area contributed by atoms with Crippen LogP contribution in [-0.2, 0) is 23.9 Å². The first kappa shape index (κ1) is 40.1. The fraction of sp³-hybridized carbons (Fsp3) is 0.806. The highest BCUT2D eigenvalue weighted by molar-refractivity contribution is 5.89. The van der Waals surface area contributed by atoms with Crippen molar-refractivity contribution < 1.29 is 29.0 Å². The van der Waals surface area contributed by atoms with Gasteiger partial charge in [0.2, 0.25) is 0 Å². The van der Waals surface area contributed by atoms with Crippen molar-refractivity contribution >= 4 is 17.7 Å². The standard InChI is InChI=1S/C36H64O6/c1-4-5-20-26-33(37)27-22-17-13-9-7-11-15-19-24-29-36(40)42-31-34(38)30-41-35(39)28-23-18-14-10-6-8-12-16-21-25-32(2)3/h13,17,22,27,32,34,38H,4-12,14-16,18-21,23-26,28-31H2,1-3H3/b17-13-,27-22+/t34-/m0/s1. The van der Waals surface area contributed by atoms with Crippen molar-refractivity contribution in [2.75, 3.05) is 13.2 Å². The van der Waals surface area contributed by atoms with Crippen LogP contribution in [-0.4, -0.2) is 42.1 Å². The number of aliphatic hydroxyl groups excluding tert-OH is 1. The minimum absolute atomic E-state index is 0.136. The summed E-state index contributed by atoms with van der Waals surface area (Å²) in [4.78, 5) is 35.4. The van der Waals surface area contributed by atoms with E-state index in [0.29, 0.717) is 19.3 Å². The number of rotatable bonds is 30. The van der Waals surface area contributed by atoms with Crippen molar-refractivity contribution in [2.45, 2.75) is 168 Å². The molecule has 0 spiro atoms. The molecule has 244 valence electrons. The fourth-order valence-electron chi connectivity index (χ4n) is 4.66. The van der Waals surface area contributed by atoms with E-state index in [0.717, 1.165) is 83.0 Å². The molecule has 0 unspecified atom stereocenters. The lowest BCUT2D eigenvalue weighted by atomic mass is 10.0. The van der Waals surface area contributed by atoms with Crippen molar-refractivity contribution in [3.8, 4) is 0 Å². The summed E-state index contributed by atoms with van der Waals surface area (Å²) in [6.45, 7) is 6.42. The van der Waals surface area contributed by atoms with Crippen LogP contribution in [0.1, 0.15) is 162 Å². The molecule has 1 atom stereocenters. The van der Waals surface area contributed by atoms with Gasteiger partial charge in [-0.25, -0.2) is 0 Å². The van der Waals surface area contributed by atoms with E-state index in [1.54, 1.807) is 6.08 Å². The summed E-state index contributed by atoms with van der Waals surface area (Å²) < 4.78 is 10.2. The Morgan fingerprint density at radius 3 is 1.62 bits per heavy atom. The number of carbonyl (C=O) groups is 3. The fourth-order valence-corrected chi connectivity index (χ4v) is 4.66. The van der Waals surface area contributed by atoms with Gasteiger partial charge in [0, 0.05) is 19.3 Å². The van der Waals surface area contributed by atoms with Crippen LogP contribution in [0.25, 0.3) is 0 Å². The summed E-state index contributed by atoms with van der Waals surface area (Å²) in [5.74, 6) is 0.386. The molecule has 0 heterocycles. The van der Waals surface area contributed by atoms with Gasteiger partial charge in [0.25, 0.3) is 0 Å². The highest BCUT2D eigenvalue weighted by Crippen LogP contribution is 2.14. The molecule has 0 amide bonds. The predicted molar refractivity (Wildman–Crippen MR) is 173 cm³/mol. The molecular formula is C36H64O6. The first-order valence-electron chi connectivity index (χ1n) is 17.2. The number of ether oxygens (including phenoxy) is 2. The summed E-state index contributed by atoms with van der Waals surface area (Å²) in [6.07, 6.45) is 29.2. The van der Waals surface area contributed by atoms with Gasteiger partial charge in [-0.1, -0.05) is 129 Å². The van der Waals surface area contributed by atoms with Crippen LogP contribution >= 0.6 is 0 Å². The lowest BCUT2D eigenvalue weighted by molar-refractivity contribution is -0.152. The van der Waals surface area contributed by atoms with E-state index in [1.165, 1.54) is 44.9 Å². The van der Waals surface area contributed by atoms with E-state index in [2.05, 4.69) is 26.8 Å². The molecule has 0 aliphatic heterocycles. The smallest absolute Gasteiger partial charge is 0.305 e. The topological polar surface area (TPSA) is 89.9 Å². The largest absolute Gasteiger partial charge is 0.463 e. The van der Waals surface area contributed by atoms with Gasteiger partial charge in [0.1, 0.15) is 19.3 Å². The maximum atomic E-state index is 11.9. The van der Waals surface area contributed by atoms with Gasteiger partial charge in [0.15, 0.2) is 5.78 Å². The number of carbonyl (C=O) groups excluding carboxylic acids is 3. The maximum absolute atomic E-state index is 11.9. The van der Waals surface area contributed by atoms with Crippen LogP contribution in [0.3, 0.4) is 0 Å². The molecule has 0 saturated carbocycles. The SMILES string of the molecule is CCCCCC(=O)/C=C/C=C\CCCCCCCC(=O)OC[C@@H](O)COC(=O)CCCCCCCCCCCC(C)C. The van der Waals surface area contributed by atoms with E-state index >= 15 is 0 Å². The zero-order valence-corrected chi connectivity index (χ0v) is 27.4. The van der Waals surface area contributed by atoms with E-state index in [1.807, 2.05) is 12.2 Å². The molecular weight excluding hydrogens is 528 g/mol.